The van der Waals surface area contributed by atoms with Gasteiger partial charge in [-0.1, -0.05) is 60.8 Å². The molecule has 7 heteroatoms. The topological polar surface area (TPSA) is 97.2 Å². The van der Waals surface area contributed by atoms with E-state index in [2.05, 4.69) is 36.3 Å². The van der Waals surface area contributed by atoms with Gasteiger partial charge in [-0.05, 0) is 86.2 Å². The molecule has 3 saturated carbocycles. The van der Waals surface area contributed by atoms with Gasteiger partial charge in [0.15, 0.2) is 12.6 Å². The van der Waals surface area contributed by atoms with Crippen LogP contribution in [0.2, 0.25) is 0 Å². The number of fused-ring (bicyclic) bond motifs is 5. The first-order chi connectivity index (χ1) is 18.6. The molecule has 7 nitrogen and oxygen atoms in total. The number of hydrogen-bond acceptors (Lipinski definition) is 6. The Morgan fingerprint density at radius 2 is 1.87 bits per heavy atom. The van der Waals surface area contributed by atoms with Crippen LogP contribution < -0.4 is 5.32 Å². The van der Waals surface area contributed by atoms with Crippen molar-refractivity contribution in [3.8, 4) is 12.3 Å². The predicted octanol–water partition coefficient (Wildman–Crippen LogP) is 4.72. The van der Waals surface area contributed by atoms with Crippen LogP contribution in [-0.2, 0) is 19.2 Å². The van der Waals surface area contributed by atoms with Crippen LogP contribution in [0.15, 0.2) is 47.1 Å². The SMILES string of the molecule is C#C[C@]1(O)CC[C@@H]2[C@H]3CCC4=C/C(=N/OCC(=O)N[C@@H](C(=O)OC)c5ccccc5)CC[C@]4(C)[C@@H]3CC[C@]21C. The van der Waals surface area contributed by atoms with Crippen LogP contribution in [0.4, 0.5) is 0 Å². The molecular formula is C32H40N2O5. The lowest BCUT2D eigenvalue weighted by molar-refractivity contribution is -0.145. The van der Waals surface area contributed by atoms with Gasteiger partial charge in [-0.3, -0.25) is 4.79 Å². The molecule has 3 fully saturated rings. The number of allylic oxidation sites excluding steroid dienone is 2. The largest absolute Gasteiger partial charge is 0.467 e. The van der Waals surface area contributed by atoms with Crippen molar-refractivity contribution in [2.45, 2.75) is 76.9 Å². The smallest absolute Gasteiger partial charge is 0.333 e. The monoisotopic (exact) mass is 532 g/mol. The standard InChI is InChI=1S/C32H40N2O5/c1-5-32(37)18-15-26-24-12-11-22-19-23(13-16-30(22,2)25(24)14-17-31(26,32)3)34-39-20-27(35)33-28(29(36)38-4)21-9-7-6-8-10-21/h1,6-10,19,24-26,28,37H,11-18,20H2,2-4H3,(H,33,35)/b34-23+/t24-,25+,26+,28+,30-,31+,32-/m0/s1. The molecule has 0 radical (unpaired) electrons. The third-order valence-electron chi connectivity index (χ3n) is 10.6. The van der Waals surface area contributed by atoms with Crippen molar-refractivity contribution in [1.29, 1.82) is 0 Å². The minimum Gasteiger partial charge on any atom is -0.467 e. The summed E-state index contributed by atoms with van der Waals surface area (Å²) in [6.45, 7) is 4.34. The summed E-state index contributed by atoms with van der Waals surface area (Å²) in [6.07, 6.45) is 15.7. The second-order valence-electron chi connectivity index (χ2n) is 12.3. The number of benzene rings is 1. The number of oxime groups is 1. The van der Waals surface area contributed by atoms with Gasteiger partial charge in [0.1, 0.15) is 5.60 Å². The minimum absolute atomic E-state index is 0.112. The summed E-state index contributed by atoms with van der Waals surface area (Å²) in [5.41, 5.74) is 1.86. The maximum absolute atomic E-state index is 12.6. The Morgan fingerprint density at radius 3 is 2.59 bits per heavy atom. The molecule has 1 aromatic rings. The molecule has 0 unspecified atom stereocenters. The van der Waals surface area contributed by atoms with Crippen molar-refractivity contribution in [2.24, 2.45) is 33.7 Å². The van der Waals surface area contributed by atoms with E-state index in [-0.39, 0.29) is 17.4 Å². The molecule has 0 spiro atoms. The van der Waals surface area contributed by atoms with Crippen LogP contribution in [0.3, 0.4) is 0 Å². The predicted molar refractivity (Wildman–Crippen MR) is 148 cm³/mol. The van der Waals surface area contributed by atoms with Gasteiger partial charge in [-0.25, -0.2) is 4.79 Å². The van der Waals surface area contributed by atoms with Crippen molar-refractivity contribution < 1.29 is 24.3 Å². The molecule has 1 aromatic carbocycles. The third-order valence-corrected chi connectivity index (χ3v) is 10.6. The summed E-state index contributed by atoms with van der Waals surface area (Å²) < 4.78 is 4.86. The first kappa shape index (κ1) is 27.5. The molecule has 0 bridgehead atoms. The number of hydrogen-bond donors (Lipinski definition) is 2. The molecule has 5 rings (SSSR count). The zero-order valence-corrected chi connectivity index (χ0v) is 23.2. The molecule has 2 N–H and O–H groups in total. The fourth-order valence-corrected chi connectivity index (χ4v) is 8.31. The number of rotatable bonds is 6. The van der Waals surface area contributed by atoms with E-state index < -0.39 is 23.5 Å². The molecule has 4 aliphatic rings. The molecule has 208 valence electrons. The van der Waals surface area contributed by atoms with Gasteiger partial charge in [-0.15, -0.1) is 6.42 Å². The van der Waals surface area contributed by atoms with Crippen LogP contribution in [0.1, 0.15) is 76.8 Å². The average molecular weight is 533 g/mol. The Kier molecular flexibility index (Phi) is 7.37. The summed E-state index contributed by atoms with van der Waals surface area (Å²) in [4.78, 5) is 30.2. The molecule has 0 saturated heterocycles. The Hall–Kier alpha value is -3.11. The number of carbonyl (C=O) groups excluding carboxylic acids is 2. The lowest BCUT2D eigenvalue weighted by Gasteiger charge is -2.58. The fraction of sp³-hybridized carbons (Fsp3) is 0.594. The first-order valence-electron chi connectivity index (χ1n) is 14.2. The number of methoxy groups -OCH3 is 1. The zero-order chi connectivity index (χ0) is 27.8. The van der Waals surface area contributed by atoms with Gasteiger partial charge in [0.05, 0.1) is 12.8 Å². The normalized spacial score (nSPS) is 36.8. The second kappa shape index (κ2) is 10.5. The van der Waals surface area contributed by atoms with Crippen LogP contribution in [-0.4, -0.2) is 42.0 Å². The molecule has 39 heavy (non-hydrogen) atoms. The van der Waals surface area contributed by atoms with Gasteiger partial charge >= 0.3 is 5.97 Å². The highest BCUT2D eigenvalue weighted by Crippen LogP contribution is 2.67. The minimum atomic E-state index is -0.979. The van der Waals surface area contributed by atoms with Crippen LogP contribution in [0.5, 0.6) is 0 Å². The highest BCUT2D eigenvalue weighted by Gasteiger charge is 2.63. The molecule has 0 aliphatic heterocycles. The van der Waals surface area contributed by atoms with Gasteiger partial charge in [0, 0.05) is 5.41 Å². The summed E-state index contributed by atoms with van der Waals surface area (Å²) in [6, 6.07) is 8.06. The van der Waals surface area contributed by atoms with Gasteiger partial charge in [0.2, 0.25) is 0 Å². The van der Waals surface area contributed by atoms with E-state index in [0.29, 0.717) is 29.7 Å². The van der Waals surface area contributed by atoms with E-state index in [1.54, 1.807) is 24.3 Å². The van der Waals surface area contributed by atoms with Crippen molar-refractivity contribution in [3.63, 3.8) is 0 Å². The molecule has 4 aliphatic carbocycles. The lowest BCUT2D eigenvalue weighted by Crippen LogP contribution is -2.54. The van der Waals surface area contributed by atoms with Crippen molar-refractivity contribution in [1.82, 2.24) is 5.32 Å². The van der Waals surface area contributed by atoms with E-state index in [1.807, 2.05) is 6.07 Å². The Morgan fingerprint density at radius 1 is 1.13 bits per heavy atom. The molecular weight excluding hydrogens is 492 g/mol. The average Bonchev–Trinajstić information content (AvgIpc) is 3.22. The number of amides is 1. The number of aliphatic hydroxyl groups is 1. The quantitative estimate of drug-likeness (QED) is 0.314. The van der Waals surface area contributed by atoms with Crippen LogP contribution >= 0.6 is 0 Å². The number of terminal acetylenes is 1. The summed E-state index contributed by atoms with van der Waals surface area (Å²) in [7, 11) is 1.29. The Labute approximate surface area is 231 Å². The van der Waals surface area contributed by atoms with Gasteiger partial charge in [0.25, 0.3) is 5.91 Å². The number of ether oxygens (including phenoxy) is 1. The number of esters is 1. The molecule has 1 amide bonds. The third kappa shape index (κ3) is 4.67. The van der Waals surface area contributed by atoms with E-state index in [4.69, 9.17) is 16.0 Å². The Balaban J connectivity index is 1.22. The van der Waals surface area contributed by atoms with E-state index in [0.717, 1.165) is 50.7 Å². The van der Waals surface area contributed by atoms with Crippen molar-refractivity contribution >= 4 is 17.6 Å². The Bertz CT molecular complexity index is 1220. The molecule has 0 aromatic heterocycles. The maximum Gasteiger partial charge on any atom is 0.333 e. The number of carbonyl (C=O) groups is 2. The number of nitrogens with zero attached hydrogens (tertiary/aromatic N) is 1. The summed E-state index contributed by atoms with van der Waals surface area (Å²) in [5.74, 6) is 3.41. The van der Waals surface area contributed by atoms with Crippen LogP contribution in [0.25, 0.3) is 0 Å². The van der Waals surface area contributed by atoms with E-state index in [1.165, 1.54) is 12.7 Å². The second-order valence-corrected chi connectivity index (χ2v) is 12.3. The van der Waals surface area contributed by atoms with E-state index >= 15 is 0 Å². The zero-order valence-electron chi connectivity index (χ0n) is 23.2. The molecule has 7 atom stereocenters. The van der Waals surface area contributed by atoms with Crippen molar-refractivity contribution in [3.05, 3.63) is 47.5 Å². The number of nitrogens with one attached hydrogen (secondary N) is 1. The molecule has 0 heterocycles. The first-order valence-corrected chi connectivity index (χ1v) is 14.2. The maximum atomic E-state index is 12.6. The van der Waals surface area contributed by atoms with E-state index in [9.17, 15) is 14.7 Å². The van der Waals surface area contributed by atoms with Crippen LogP contribution in [0, 0.1) is 40.9 Å². The summed E-state index contributed by atoms with van der Waals surface area (Å²) >= 11 is 0. The van der Waals surface area contributed by atoms with Gasteiger partial charge in [-0.2, -0.15) is 0 Å². The van der Waals surface area contributed by atoms with Gasteiger partial charge < -0.3 is 20.0 Å². The fourth-order valence-electron chi connectivity index (χ4n) is 8.31. The highest BCUT2D eigenvalue weighted by atomic mass is 16.6. The van der Waals surface area contributed by atoms with Crippen molar-refractivity contribution in [2.75, 3.05) is 13.7 Å². The highest BCUT2D eigenvalue weighted by molar-refractivity contribution is 5.96. The lowest BCUT2D eigenvalue weighted by atomic mass is 9.46. The summed E-state index contributed by atoms with van der Waals surface area (Å²) in [5, 5.41) is 18.2.